The SMILES string of the molecule is COc1cc(C(=O)NCC(c2ccc(F)cc2)N(C)C)c2ccccc2n1. The molecule has 140 valence electrons. The summed E-state index contributed by atoms with van der Waals surface area (Å²) < 4.78 is 18.4. The molecule has 0 spiro atoms. The Hall–Kier alpha value is -2.99. The van der Waals surface area contributed by atoms with Gasteiger partial charge in [-0.2, -0.15) is 0 Å². The smallest absolute Gasteiger partial charge is 0.252 e. The van der Waals surface area contributed by atoms with Gasteiger partial charge in [0.05, 0.1) is 24.2 Å². The van der Waals surface area contributed by atoms with Gasteiger partial charge < -0.3 is 15.0 Å². The molecule has 5 nitrogen and oxygen atoms in total. The first-order valence-corrected chi connectivity index (χ1v) is 8.63. The molecule has 3 rings (SSSR count). The number of likely N-dealkylation sites (N-methyl/N-ethyl adjacent to an activating group) is 1. The van der Waals surface area contributed by atoms with E-state index in [1.165, 1.54) is 19.2 Å². The van der Waals surface area contributed by atoms with Crippen LogP contribution in [-0.4, -0.2) is 43.5 Å². The lowest BCUT2D eigenvalue weighted by Gasteiger charge is -2.25. The molecule has 0 fully saturated rings. The van der Waals surface area contributed by atoms with E-state index >= 15 is 0 Å². The Morgan fingerprint density at radius 1 is 1.19 bits per heavy atom. The van der Waals surface area contributed by atoms with Crippen LogP contribution in [0.4, 0.5) is 4.39 Å². The Bertz CT molecular complexity index is 942. The number of hydrogen-bond acceptors (Lipinski definition) is 4. The molecule has 27 heavy (non-hydrogen) atoms. The number of rotatable bonds is 6. The largest absolute Gasteiger partial charge is 0.481 e. The zero-order chi connectivity index (χ0) is 19.4. The van der Waals surface area contributed by atoms with E-state index in [0.29, 0.717) is 23.5 Å². The van der Waals surface area contributed by atoms with Crippen molar-refractivity contribution in [1.29, 1.82) is 0 Å². The third-order valence-electron chi connectivity index (χ3n) is 4.48. The van der Waals surface area contributed by atoms with Gasteiger partial charge in [0.15, 0.2) is 0 Å². The highest BCUT2D eigenvalue weighted by molar-refractivity contribution is 6.06. The van der Waals surface area contributed by atoms with Crippen LogP contribution in [0.5, 0.6) is 5.88 Å². The normalized spacial score (nSPS) is 12.2. The van der Waals surface area contributed by atoms with Gasteiger partial charge in [0, 0.05) is 18.0 Å². The fourth-order valence-corrected chi connectivity index (χ4v) is 3.01. The lowest BCUT2D eigenvalue weighted by atomic mass is 10.0. The minimum atomic E-state index is -0.282. The molecule has 0 aliphatic rings. The second-order valence-corrected chi connectivity index (χ2v) is 6.47. The van der Waals surface area contributed by atoms with Crippen molar-refractivity contribution in [1.82, 2.24) is 15.2 Å². The highest BCUT2D eigenvalue weighted by Crippen LogP contribution is 2.23. The van der Waals surface area contributed by atoms with Crippen molar-refractivity contribution >= 4 is 16.8 Å². The first kappa shape index (κ1) is 18.8. The number of carbonyl (C=O) groups excluding carboxylic acids is 1. The minimum absolute atomic E-state index is 0.0791. The van der Waals surface area contributed by atoms with Crippen molar-refractivity contribution in [2.45, 2.75) is 6.04 Å². The number of pyridine rings is 1. The number of benzene rings is 2. The number of methoxy groups -OCH3 is 1. The van der Waals surface area contributed by atoms with Crippen LogP contribution in [0.25, 0.3) is 10.9 Å². The molecule has 0 saturated carbocycles. The summed E-state index contributed by atoms with van der Waals surface area (Å²) in [5, 5.41) is 3.74. The van der Waals surface area contributed by atoms with Crippen LogP contribution in [0.2, 0.25) is 0 Å². The zero-order valence-electron chi connectivity index (χ0n) is 15.6. The fourth-order valence-electron chi connectivity index (χ4n) is 3.01. The van der Waals surface area contributed by atoms with Crippen LogP contribution >= 0.6 is 0 Å². The summed E-state index contributed by atoms with van der Waals surface area (Å²) in [4.78, 5) is 19.2. The predicted octanol–water partition coefficient (Wildman–Crippen LogP) is 3.42. The van der Waals surface area contributed by atoms with Gasteiger partial charge in [0.25, 0.3) is 5.91 Å². The van der Waals surface area contributed by atoms with Crippen molar-refractivity contribution < 1.29 is 13.9 Å². The van der Waals surface area contributed by atoms with Gasteiger partial charge in [-0.15, -0.1) is 0 Å². The highest BCUT2D eigenvalue weighted by Gasteiger charge is 2.18. The van der Waals surface area contributed by atoms with Gasteiger partial charge in [-0.05, 0) is 37.9 Å². The van der Waals surface area contributed by atoms with Crippen LogP contribution in [-0.2, 0) is 0 Å². The van der Waals surface area contributed by atoms with Crippen LogP contribution in [0, 0.1) is 5.82 Å². The summed E-state index contributed by atoms with van der Waals surface area (Å²) >= 11 is 0. The van der Waals surface area contributed by atoms with E-state index in [1.54, 1.807) is 18.2 Å². The van der Waals surface area contributed by atoms with Crippen LogP contribution < -0.4 is 10.1 Å². The molecule has 3 aromatic rings. The summed E-state index contributed by atoms with van der Waals surface area (Å²) in [5.74, 6) is -0.0990. The van der Waals surface area contributed by atoms with Gasteiger partial charge in [0.2, 0.25) is 5.88 Å². The number of carbonyl (C=O) groups is 1. The van der Waals surface area contributed by atoms with Crippen molar-refractivity contribution in [3.05, 3.63) is 71.5 Å². The molecule has 0 bridgehead atoms. The number of amides is 1. The van der Waals surface area contributed by atoms with E-state index in [1.807, 2.05) is 43.3 Å². The molecule has 0 saturated heterocycles. The lowest BCUT2D eigenvalue weighted by molar-refractivity contribution is 0.0943. The Balaban J connectivity index is 1.84. The molecule has 0 aliphatic heterocycles. The predicted molar refractivity (Wildman–Crippen MR) is 103 cm³/mol. The molecule has 1 aromatic heterocycles. The molecule has 1 N–H and O–H groups in total. The van der Waals surface area contributed by atoms with E-state index in [2.05, 4.69) is 10.3 Å². The number of nitrogens with one attached hydrogen (secondary N) is 1. The molecule has 1 atom stereocenters. The quantitative estimate of drug-likeness (QED) is 0.725. The van der Waals surface area contributed by atoms with Crippen molar-refractivity contribution in [3.63, 3.8) is 0 Å². The number of fused-ring (bicyclic) bond motifs is 1. The number of aromatic nitrogens is 1. The maximum atomic E-state index is 13.2. The Morgan fingerprint density at radius 3 is 2.56 bits per heavy atom. The van der Waals surface area contributed by atoms with E-state index < -0.39 is 0 Å². The molecular formula is C21H22FN3O2. The topological polar surface area (TPSA) is 54.5 Å². The highest BCUT2D eigenvalue weighted by atomic mass is 19.1. The number of nitrogens with zero attached hydrogens (tertiary/aromatic N) is 2. The summed E-state index contributed by atoms with van der Waals surface area (Å²) in [5.41, 5.74) is 2.14. The third-order valence-corrected chi connectivity index (χ3v) is 4.48. The average Bonchev–Trinajstić information content (AvgIpc) is 2.68. The first-order valence-electron chi connectivity index (χ1n) is 8.63. The second kappa shape index (κ2) is 8.14. The summed E-state index contributed by atoms with van der Waals surface area (Å²) in [6.45, 7) is 0.385. The number of hydrogen-bond donors (Lipinski definition) is 1. The van der Waals surface area contributed by atoms with Crippen LogP contribution in [0.1, 0.15) is 22.0 Å². The molecule has 0 radical (unpaired) electrons. The van der Waals surface area contributed by atoms with Gasteiger partial charge in [0.1, 0.15) is 5.82 Å². The van der Waals surface area contributed by atoms with Gasteiger partial charge >= 0.3 is 0 Å². The second-order valence-electron chi connectivity index (χ2n) is 6.47. The number of halogens is 1. The molecule has 0 aliphatic carbocycles. The van der Waals surface area contributed by atoms with E-state index in [9.17, 15) is 9.18 Å². The first-order chi connectivity index (χ1) is 13.0. The molecule has 2 aromatic carbocycles. The van der Waals surface area contributed by atoms with Crippen molar-refractivity contribution in [2.24, 2.45) is 0 Å². The molecule has 1 unspecified atom stereocenters. The Morgan fingerprint density at radius 2 is 1.89 bits per heavy atom. The lowest BCUT2D eigenvalue weighted by Crippen LogP contribution is -2.34. The summed E-state index contributed by atoms with van der Waals surface area (Å²) in [6, 6.07) is 15.3. The van der Waals surface area contributed by atoms with Gasteiger partial charge in [-0.3, -0.25) is 4.79 Å². The third kappa shape index (κ3) is 4.23. The van der Waals surface area contributed by atoms with E-state index in [-0.39, 0.29) is 17.8 Å². The molecule has 1 heterocycles. The standard InChI is InChI=1S/C21H22FN3O2/c1-25(2)19(14-8-10-15(22)11-9-14)13-23-21(26)17-12-20(27-3)24-18-7-5-4-6-16(17)18/h4-12,19H,13H2,1-3H3,(H,23,26). The summed E-state index contributed by atoms with van der Waals surface area (Å²) in [7, 11) is 5.37. The Labute approximate surface area is 157 Å². The van der Waals surface area contributed by atoms with Crippen LogP contribution in [0.15, 0.2) is 54.6 Å². The maximum Gasteiger partial charge on any atom is 0.252 e. The zero-order valence-corrected chi connectivity index (χ0v) is 15.6. The molecule has 6 heteroatoms. The number of para-hydroxylation sites is 1. The van der Waals surface area contributed by atoms with E-state index in [0.717, 1.165) is 10.9 Å². The monoisotopic (exact) mass is 367 g/mol. The number of ether oxygens (including phenoxy) is 1. The van der Waals surface area contributed by atoms with E-state index in [4.69, 9.17) is 4.74 Å². The minimum Gasteiger partial charge on any atom is -0.481 e. The molecular weight excluding hydrogens is 345 g/mol. The van der Waals surface area contributed by atoms with Gasteiger partial charge in [-0.25, -0.2) is 9.37 Å². The van der Waals surface area contributed by atoms with Gasteiger partial charge in [-0.1, -0.05) is 30.3 Å². The fraction of sp³-hybridized carbons (Fsp3) is 0.238. The summed E-state index contributed by atoms with van der Waals surface area (Å²) in [6.07, 6.45) is 0. The molecule has 1 amide bonds. The average molecular weight is 367 g/mol. The Kier molecular flexibility index (Phi) is 5.66. The van der Waals surface area contributed by atoms with Crippen LogP contribution in [0.3, 0.4) is 0 Å². The van der Waals surface area contributed by atoms with Crippen molar-refractivity contribution in [3.8, 4) is 5.88 Å². The van der Waals surface area contributed by atoms with Crippen molar-refractivity contribution in [2.75, 3.05) is 27.7 Å². The maximum absolute atomic E-state index is 13.2.